The molecule has 0 radical (unpaired) electrons. The monoisotopic (exact) mass is 257 g/mol. The lowest BCUT2D eigenvalue weighted by Crippen LogP contribution is -2.41. The van der Waals surface area contributed by atoms with Crippen molar-refractivity contribution in [2.24, 2.45) is 11.8 Å². The summed E-state index contributed by atoms with van der Waals surface area (Å²) in [6.07, 6.45) is 8.50. The van der Waals surface area contributed by atoms with Gasteiger partial charge in [-0.15, -0.1) is 0 Å². The van der Waals surface area contributed by atoms with Gasteiger partial charge >= 0.3 is 0 Å². The summed E-state index contributed by atoms with van der Waals surface area (Å²) in [5, 5.41) is 4.41. The van der Waals surface area contributed by atoms with Gasteiger partial charge in [0, 0.05) is 17.0 Å². The molecule has 102 valence electrons. The van der Waals surface area contributed by atoms with Crippen LogP contribution in [-0.2, 0) is 0 Å². The highest BCUT2D eigenvalue weighted by atomic mass is 32.2. The molecular formula is C15H31NS. The molecule has 1 saturated carbocycles. The Kier molecular flexibility index (Phi) is 7.61. The van der Waals surface area contributed by atoms with Crippen LogP contribution in [-0.4, -0.2) is 24.1 Å². The van der Waals surface area contributed by atoms with Gasteiger partial charge in [0.05, 0.1) is 0 Å². The maximum atomic E-state index is 3.59. The first kappa shape index (κ1) is 15.4. The summed E-state index contributed by atoms with van der Waals surface area (Å²) < 4.78 is 0. The summed E-state index contributed by atoms with van der Waals surface area (Å²) in [6.45, 7) is 7.02. The molecule has 1 fully saturated rings. The predicted octanol–water partition coefficient (Wildman–Crippen LogP) is 4.32. The van der Waals surface area contributed by atoms with Crippen molar-refractivity contribution in [3.8, 4) is 0 Å². The molecule has 1 nitrogen and oxygen atoms in total. The molecule has 0 amide bonds. The number of nitrogens with one attached hydrogen (secondary N) is 1. The van der Waals surface area contributed by atoms with Crippen LogP contribution in [0, 0.1) is 11.8 Å². The summed E-state index contributed by atoms with van der Waals surface area (Å²) in [4.78, 5) is 0. The van der Waals surface area contributed by atoms with Crippen molar-refractivity contribution in [1.29, 1.82) is 0 Å². The van der Waals surface area contributed by atoms with Crippen molar-refractivity contribution >= 4 is 11.8 Å². The van der Waals surface area contributed by atoms with Gasteiger partial charge in [-0.1, -0.05) is 46.5 Å². The topological polar surface area (TPSA) is 12.0 Å². The highest BCUT2D eigenvalue weighted by Gasteiger charge is 2.29. The second-order valence-electron chi connectivity index (χ2n) is 5.56. The molecule has 1 aliphatic rings. The molecule has 2 heteroatoms. The lowest BCUT2D eigenvalue weighted by atomic mass is 9.74. The Morgan fingerprint density at radius 1 is 1.24 bits per heavy atom. The fourth-order valence-electron chi connectivity index (χ4n) is 3.08. The minimum absolute atomic E-state index is 0.735. The van der Waals surface area contributed by atoms with E-state index in [1.807, 2.05) is 0 Å². The van der Waals surface area contributed by atoms with Gasteiger partial charge in [-0.3, -0.25) is 0 Å². The molecule has 0 aliphatic heterocycles. The minimum atomic E-state index is 0.735. The van der Waals surface area contributed by atoms with Crippen LogP contribution in [0.2, 0.25) is 0 Å². The van der Waals surface area contributed by atoms with Crippen LogP contribution in [0.1, 0.15) is 59.3 Å². The average molecular weight is 257 g/mol. The lowest BCUT2D eigenvalue weighted by Gasteiger charge is -2.37. The van der Waals surface area contributed by atoms with Crippen LogP contribution in [0.5, 0.6) is 0 Å². The summed E-state index contributed by atoms with van der Waals surface area (Å²) in [7, 11) is 2.16. The fourth-order valence-corrected chi connectivity index (χ4v) is 4.27. The van der Waals surface area contributed by atoms with Gasteiger partial charge in [-0.2, -0.15) is 11.8 Å². The number of hydrogen-bond donors (Lipinski definition) is 1. The van der Waals surface area contributed by atoms with Crippen molar-refractivity contribution in [3.63, 3.8) is 0 Å². The van der Waals surface area contributed by atoms with Crippen LogP contribution in [0.4, 0.5) is 0 Å². The van der Waals surface area contributed by atoms with E-state index >= 15 is 0 Å². The first-order valence-electron chi connectivity index (χ1n) is 7.51. The zero-order chi connectivity index (χ0) is 12.7. The van der Waals surface area contributed by atoms with Gasteiger partial charge in [0.25, 0.3) is 0 Å². The molecule has 1 rings (SSSR count). The van der Waals surface area contributed by atoms with E-state index in [1.54, 1.807) is 0 Å². The molecule has 0 heterocycles. The molecule has 1 aliphatic carbocycles. The van der Waals surface area contributed by atoms with Crippen LogP contribution in [0.15, 0.2) is 0 Å². The lowest BCUT2D eigenvalue weighted by molar-refractivity contribution is 0.190. The molecule has 0 aromatic rings. The smallest absolute Gasteiger partial charge is 0.0186 e. The Hall–Kier alpha value is 0.310. The largest absolute Gasteiger partial charge is 0.316 e. The van der Waals surface area contributed by atoms with Crippen LogP contribution in [0.3, 0.4) is 0 Å². The van der Waals surface area contributed by atoms with Gasteiger partial charge in [-0.25, -0.2) is 0 Å². The number of hydrogen-bond acceptors (Lipinski definition) is 2. The molecule has 0 saturated heterocycles. The molecule has 4 unspecified atom stereocenters. The average Bonchev–Trinajstić information content (AvgIpc) is 2.39. The first-order valence-corrected chi connectivity index (χ1v) is 8.56. The third kappa shape index (κ3) is 4.82. The predicted molar refractivity (Wildman–Crippen MR) is 80.8 cm³/mol. The van der Waals surface area contributed by atoms with E-state index in [1.165, 1.54) is 44.3 Å². The van der Waals surface area contributed by atoms with Crippen molar-refractivity contribution in [1.82, 2.24) is 5.32 Å². The highest BCUT2D eigenvalue weighted by Crippen LogP contribution is 2.35. The summed E-state index contributed by atoms with van der Waals surface area (Å²) in [5.74, 6) is 3.20. The summed E-state index contributed by atoms with van der Waals surface area (Å²) in [6, 6.07) is 0.735. The normalized spacial score (nSPS) is 28.9. The molecule has 0 bridgehead atoms. The maximum Gasteiger partial charge on any atom is 0.0186 e. The van der Waals surface area contributed by atoms with E-state index in [0.29, 0.717) is 0 Å². The Balaban J connectivity index is 2.46. The Labute approximate surface area is 113 Å². The Morgan fingerprint density at radius 3 is 2.53 bits per heavy atom. The van der Waals surface area contributed by atoms with Crippen LogP contribution in [0.25, 0.3) is 0 Å². The van der Waals surface area contributed by atoms with Crippen LogP contribution >= 0.6 is 11.8 Å². The Bertz CT molecular complexity index is 195. The van der Waals surface area contributed by atoms with E-state index in [0.717, 1.165) is 23.1 Å². The van der Waals surface area contributed by atoms with E-state index in [9.17, 15) is 0 Å². The number of rotatable bonds is 7. The van der Waals surface area contributed by atoms with Gasteiger partial charge in [0.1, 0.15) is 0 Å². The van der Waals surface area contributed by atoms with E-state index < -0.39 is 0 Å². The van der Waals surface area contributed by atoms with Crippen LogP contribution < -0.4 is 5.32 Å². The zero-order valence-electron chi connectivity index (χ0n) is 12.2. The second kappa shape index (κ2) is 8.42. The quantitative estimate of drug-likeness (QED) is 0.729. The molecule has 1 N–H and O–H groups in total. The van der Waals surface area contributed by atoms with Gasteiger partial charge in [0.15, 0.2) is 0 Å². The van der Waals surface area contributed by atoms with Crippen molar-refractivity contribution < 1.29 is 0 Å². The van der Waals surface area contributed by atoms with E-state index in [4.69, 9.17) is 0 Å². The maximum absolute atomic E-state index is 3.59. The molecular weight excluding hydrogens is 226 g/mol. The van der Waals surface area contributed by atoms with Gasteiger partial charge < -0.3 is 5.32 Å². The van der Waals surface area contributed by atoms with Gasteiger partial charge in [-0.05, 0) is 31.7 Å². The highest BCUT2D eigenvalue weighted by molar-refractivity contribution is 7.99. The van der Waals surface area contributed by atoms with Gasteiger partial charge in [0.2, 0.25) is 0 Å². The molecule has 0 aromatic carbocycles. The first-order chi connectivity index (χ1) is 8.22. The molecule has 17 heavy (non-hydrogen) atoms. The standard InChI is InChI=1S/C15H31NS/c1-5-12(3)17-11-15(16-4)14-10-8-7-9-13(14)6-2/h12-16H,5-11H2,1-4H3. The third-order valence-corrected chi connectivity index (χ3v) is 5.97. The molecule has 4 atom stereocenters. The van der Waals surface area contributed by atoms with Crippen molar-refractivity contribution in [3.05, 3.63) is 0 Å². The molecule has 0 aromatic heterocycles. The van der Waals surface area contributed by atoms with E-state index in [2.05, 4.69) is 44.9 Å². The summed E-state index contributed by atoms with van der Waals surface area (Å²) >= 11 is 2.15. The minimum Gasteiger partial charge on any atom is -0.316 e. The SMILES string of the molecule is CCC(C)SCC(NC)C1CCCCC1CC. The van der Waals surface area contributed by atoms with E-state index in [-0.39, 0.29) is 0 Å². The Morgan fingerprint density at radius 2 is 1.94 bits per heavy atom. The number of thioether (sulfide) groups is 1. The second-order valence-corrected chi connectivity index (χ2v) is 7.04. The molecule has 0 spiro atoms. The fraction of sp³-hybridized carbons (Fsp3) is 1.00. The summed E-state index contributed by atoms with van der Waals surface area (Å²) in [5.41, 5.74) is 0. The third-order valence-electron chi connectivity index (χ3n) is 4.52. The zero-order valence-corrected chi connectivity index (χ0v) is 13.0. The van der Waals surface area contributed by atoms with Crippen molar-refractivity contribution in [2.75, 3.05) is 12.8 Å². The van der Waals surface area contributed by atoms with Crippen molar-refractivity contribution in [2.45, 2.75) is 70.6 Å².